The number of benzene rings is 1. The quantitative estimate of drug-likeness (QED) is 0.662. The lowest BCUT2D eigenvalue weighted by Crippen LogP contribution is -2.41. The van der Waals surface area contributed by atoms with Gasteiger partial charge in [0.05, 0.1) is 41.6 Å². The minimum atomic E-state index is -4.71. The number of hydrogen-bond acceptors (Lipinski definition) is 5. The van der Waals surface area contributed by atoms with Gasteiger partial charge in [0, 0.05) is 18.3 Å². The maximum atomic E-state index is 13.8. The fourth-order valence-corrected chi connectivity index (χ4v) is 3.91. The van der Waals surface area contributed by atoms with Crippen molar-refractivity contribution in [2.75, 3.05) is 26.3 Å². The van der Waals surface area contributed by atoms with Gasteiger partial charge in [-0.3, -0.25) is 9.89 Å². The largest absolute Gasteiger partial charge is 0.417 e. The molecule has 1 aliphatic carbocycles. The monoisotopic (exact) mass is 444 g/mol. The van der Waals surface area contributed by atoms with Gasteiger partial charge in [0.2, 0.25) is 0 Å². The van der Waals surface area contributed by atoms with E-state index in [-0.39, 0.29) is 18.8 Å². The van der Waals surface area contributed by atoms with Crippen molar-refractivity contribution in [3.63, 3.8) is 0 Å². The molecule has 3 heterocycles. The molecule has 2 aromatic heterocycles. The lowest BCUT2D eigenvalue weighted by Gasteiger charge is -2.28. The molecule has 0 atom stereocenters. The van der Waals surface area contributed by atoms with Crippen LogP contribution in [0.5, 0.6) is 0 Å². The maximum absolute atomic E-state index is 13.8. The number of fused-ring (bicyclic) bond motifs is 1. The number of carbonyl (C=O) groups excluding carboxylic acids is 1. The topological polar surface area (TPSA) is 88.9 Å². The van der Waals surface area contributed by atoms with Gasteiger partial charge in [-0.15, -0.1) is 5.10 Å². The van der Waals surface area contributed by atoms with Gasteiger partial charge in [-0.1, -0.05) is 17.4 Å². The van der Waals surface area contributed by atoms with Crippen LogP contribution in [0.15, 0.2) is 24.4 Å². The number of H-pyrrole nitrogens is 1. The second-order valence-electron chi connectivity index (χ2n) is 7.57. The molecule has 0 bridgehead atoms. The number of alkyl halides is 3. The highest BCUT2D eigenvalue weighted by Gasteiger charge is 2.37. The Kier molecular flexibility index (Phi) is 5.04. The fourth-order valence-electron chi connectivity index (χ4n) is 3.91. The summed E-state index contributed by atoms with van der Waals surface area (Å²) in [5.41, 5.74) is -0.221. The van der Waals surface area contributed by atoms with Crippen molar-refractivity contribution in [1.82, 2.24) is 30.1 Å². The zero-order valence-electron chi connectivity index (χ0n) is 16.9. The van der Waals surface area contributed by atoms with E-state index in [0.717, 1.165) is 29.5 Å². The van der Waals surface area contributed by atoms with Gasteiger partial charge in [-0.05, 0) is 31.0 Å². The highest BCUT2D eigenvalue weighted by atomic mass is 19.4. The third-order valence-electron chi connectivity index (χ3n) is 5.53. The molecule has 0 radical (unpaired) electrons. The fraction of sp³-hybridized carbons (Fsp3) is 0.333. The van der Waals surface area contributed by atoms with E-state index in [4.69, 9.17) is 4.74 Å². The van der Waals surface area contributed by atoms with Crippen LogP contribution in [-0.4, -0.2) is 62.3 Å². The molecule has 11 heteroatoms. The van der Waals surface area contributed by atoms with Crippen LogP contribution < -0.4 is 10.6 Å². The summed E-state index contributed by atoms with van der Waals surface area (Å²) in [6.07, 6.45) is 2.69. The van der Waals surface area contributed by atoms with Gasteiger partial charge in [0.15, 0.2) is 0 Å². The zero-order chi connectivity index (χ0) is 22.3. The molecule has 3 aromatic rings. The van der Waals surface area contributed by atoms with E-state index >= 15 is 0 Å². The van der Waals surface area contributed by atoms with E-state index in [1.165, 1.54) is 27.9 Å². The first-order valence-corrected chi connectivity index (χ1v) is 10.2. The number of morpholine rings is 1. The summed E-state index contributed by atoms with van der Waals surface area (Å²) >= 11 is 0. The number of amides is 1. The number of aromatic nitrogens is 5. The van der Waals surface area contributed by atoms with Crippen LogP contribution in [0.2, 0.25) is 0 Å². The zero-order valence-corrected chi connectivity index (χ0v) is 16.9. The third-order valence-corrected chi connectivity index (χ3v) is 5.53. The molecule has 8 nitrogen and oxygen atoms in total. The number of nitrogens with one attached hydrogen (secondary N) is 1. The Morgan fingerprint density at radius 3 is 2.69 bits per heavy atom. The second-order valence-corrected chi connectivity index (χ2v) is 7.57. The molecule has 1 amide bonds. The Hall–Kier alpha value is -3.47. The number of aromatic amines is 1. The van der Waals surface area contributed by atoms with Crippen molar-refractivity contribution < 1.29 is 22.7 Å². The lowest BCUT2D eigenvalue weighted by molar-refractivity contribution is -0.138. The molecule has 1 aromatic carbocycles. The molecule has 0 unspecified atom stereocenters. The van der Waals surface area contributed by atoms with Crippen molar-refractivity contribution >= 4 is 18.1 Å². The summed E-state index contributed by atoms with van der Waals surface area (Å²) in [7, 11) is 0. The van der Waals surface area contributed by atoms with Crippen molar-refractivity contribution in [1.29, 1.82) is 0 Å². The van der Waals surface area contributed by atoms with E-state index in [0.29, 0.717) is 24.6 Å². The number of carbonyl (C=O) groups is 1. The number of nitrogens with zero attached hydrogens (tertiary/aromatic N) is 5. The average Bonchev–Trinajstić information content (AvgIpc) is 3.45. The minimum absolute atomic E-state index is 0.148. The van der Waals surface area contributed by atoms with Gasteiger partial charge in [0.25, 0.3) is 5.91 Å². The van der Waals surface area contributed by atoms with E-state index in [2.05, 4.69) is 20.5 Å². The highest BCUT2D eigenvalue weighted by Crippen LogP contribution is 2.34. The summed E-state index contributed by atoms with van der Waals surface area (Å²) in [6, 6.07) is 3.55. The van der Waals surface area contributed by atoms with Crippen molar-refractivity contribution in [2.24, 2.45) is 0 Å². The van der Waals surface area contributed by atoms with E-state index in [9.17, 15) is 18.0 Å². The van der Waals surface area contributed by atoms with Crippen LogP contribution in [0.4, 0.5) is 13.2 Å². The first kappa shape index (κ1) is 20.4. The average molecular weight is 444 g/mol. The Balaban J connectivity index is 1.51. The van der Waals surface area contributed by atoms with E-state index in [1.807, 2.05) is 12.2 Å². The van der Waals surface area contributed by atoms with Crippen LogP contribution in [0.1, 0.15) is 28.8 Å². The van der Waals surface area contributed by atoms with Gasteiger partial charge < -0.3 is 9.64 Å². The van der Waals surface area contributed by atoms with Gasteiger partial charge >= 0.3 is 6.18 Å². The lowest BCUT2D eigenvalue weighted by atomic mass is 10.0. The number of rotatable bonds is 3. The highest BCUT2D eigenvalue weighted by molar-refractivity contribution is 5.96. The normalized spacial score (nSPS) is 16.3. The van der Waals surface area contributed by atoms with E-state index < -0.39 is 23.2 Å². The third kappa shape index (κ3) is 3.68. The Bertz CT molecular complexity index is 1290. The molecule has 1 N–H and O–H groups in total. The predicted molar refractivity (Wildman–Crippen MR) is 108 cm³/mol. The van der Waals surface area contributed by atoms with Crippen LogP contribution >= 0.6 is 0 Å². The molecular formula is C21H19F3N6O2. The van der Waals surface area contributed by atoms with Crippen LogP contribution in [-0.2, 0) is 10.9 Å². The van der Waals surface area contributed by atoms with E-state index in [1.54, 1.807) is 0 Å². The van der Waals surface area contributed by atoms with Gasteiger partial charge in [-0.2, -0.15) is 18.3 Å². The van der Waals surface area contributed by atoms with Crippen LogP contribution in [0.3, 0.4) is 0 Å². The summed E-state index contributed by atoms with van der Waals surface area (Å²) in [5, 5.41) is 17.1. The minimum Gasteiger partial charge on any atom is -0.378 e. The molecule has 0 spiro atoms. The number of hydrogen-bond donors (Lipinski definition) is 1. The number of ether oxygens (including phenoxy) is 1. The SMILES string of the molecule is O=C(c1ccc(-n2cc(-c3n[nH]c4c3=CCCC=4)nn2)cc1C(F)(F)F)N1CCOCC1. The molecule has 1 saturated heterocycles. The Morgan fingerprint density at radius 2 is 1.91 bits per heavy atom. The molecule has 0 saturated carbocycles. The summed E-state index contributed by atoms with van der Waals surface area (Å²) in [4.78, 5) is 14.1. The van der Waals surface area contributed by atoms with Gasteiger partial charge in [0.1, 0.15) is 11.4 Å². The van der Waals surface area contributed by atoms with Gasteiger partial charge in [-0.25, -0.2) is 4.68 Å². The first-order chi connectivity index (χ1) is 15.4. The van der Waals surface area contributed by atoms with Crippen molar-refractivity contribution in [3.8, 4) is 17.1 Å². The van der Waals surface area contributed by atoms with Crippen LogP contribution in [0, 0.1) is 0 Å². The standard InChI is InChI=1S/C21H19F3N6O2/c22-21(23,24)16-11-13(5-6-14(16)20(31)29-7-9-32-10-8-29)30-12-18(26-28-30)19-15-3-1-2-4-17(15)25-27-19/h3-6,11-12,25H,1-2,7-10H2. The summed E-state index contributed by atoms with van der Waals surface area (Å²) in [6.45, 7) is 1.12. The molecular weight excluding hydrogens is 425 g/mol. The Morgan fingerprint density at radius 1 is 1.12 bits per heavy atom. The first-order valence-electron chi connectivity index (χ1n) is 10.2. The maximum Gasteiger partial charge on any atom is 0.417 e. The molecule has 166 valence electrons. The summed E-state index contributed by atoms with van der Waals surface area (Å²) < 4.78 is 47.9. The molecule has 1 fully saturated rings. The molecule has 5 rings (SSSR count). The predicted octanol–water partition coefficient (Wildman–Crippen LogP) is 1.50. The number of halogens is 3. The molecule has 2 aliphatic rings. The molecule has 32 heavy (non-hydrogen) atoms. The summed E-state index contributed by atoms with van der Waals surface area (Å²) in [5.74, 6) is -0.665. The second kappa shape index (κ2) is 7.90. The smallest absolute Gasteiger partial charge is 0.378 e. The molecule has 1 aliphatic heterocycles. The van der Waals surface area contributed by atoms with Crippen molar-refractivity contribution in [2.45, 2.75) is 19.0 Å². The van der Waals surface area contributed by atoms with Crippen molar-refractivity contribution in [3.05, 3.63) is 46.1 Å². The Labute approximate surface area is 180 Å². The van der Waals surface area contributed by atoms with Crippen LogP contribution in [0.25, 0.3) is 29.2 Å².